The first kappa shape index (κ1) is 10.9. The molecule has 14 heavy (non-hydrogen) atoms. The zero-order chi connectivity index (χ0) is 10.4. The third-order valence-electron chi connectivity index (χ3n) is 1.54. The Morgan fingerprint density at radius 1 is 1.57 bits per heavy atom. The number of hydrogen-bond donors (Lipinski definition) is 1. The fraction of sp³-hybridized carbons (Fsp3) is 0.300. The summed E-state index contributed by atoms with van der Waals surface area (Å²) in [5, 5.41) is 3.27. The van der Waals surface area contributed by atoms with Crippen LogP contribution in [0.5, 0.6) is 5.75 Å². The Kier molecular flexibility index (Phi) is 4.26. The Morgan fingerprint density at radius 3 is 3.00 bits per heavy atom. The van der Waals surface area contributed by atoms with Crippen molar-refractivity contribution in [3.8, 4) is 5.75 Å². The maximum Gasteiger partial charge on any atom is 0.216 e. The first-order valence-electron chi connectivity index (χ1n) is 4.31. The number of amides is 1. The molecule has 1 aromatic rings. The maximum atomic E-state index is 10.5. The average molecular weight is 214 g/mol. The van der Waals surface area contributed by atoms with Crippen LogP contribution in [-0.4, -0.2) is 19.1 Å². The van der Waals surface area contributed by atoms with Gasteiger partial charge >= 0.3 is 0 Å². The van der Waals surface area contributed by atoms with Gasteiger partial charge in [-0.1, -0.05) is 17.7 Å². The normalized spacial score (nSPS) is 9.57. The number of halogens is 1. The number of nitrogens with one attached hydrogen (secondary N) is 1. The van der Waals surface area contributed by atoms with Crippen molar-refractivity contribution in [2.75, 3.05) is 13.2 Å². The lowest BCUT2D eigenvalue weighted by Crippen LogP contribution is -2.25. The van der Waals surface area contributed by atoms with E-state index in [9.17, 15) is 4.79 Å². The highest BCUT2D eigenvalue weighted by Crippen LogP contribution is 2.16. The molecule has 0 fully saturated rings. The van der Waals surface area contributed by atoms with Crippen molar-refractivity contribution in [2.45, 2.75) is 6.92 Å². The van der Waals surface area contributed by atoms with E-state index in [0.29, 0.717) is 23.9 Å². The summed E-state index contributed by atoms with van der Waals surface area (Å²) in [7, 11) is 0. The van der Waals surface area contributed by atoms with Crippen LogP contribution in [0.1, 0.15) is 6.92 Å². The van der Waals surface area contributed by atoms with Gasteiger partial charge < -0.3 is 10.1 Å². The lowest BCUT2D eigenvalue weighted by molar-refractivity contribution is -0.119. The van der Waals surface area contributed by atoms with E-state index in [2.05, 4.69) is 5.32 Å². The van der Waals surface area contributed by atoms with Gasteiger partial charge in [0.2, 0.25) is 5.91 Å². The molecule has 0 unspecified atom stereocenters. The Morgan fingerprint density at radius 2 is 2.36 bits per heavy atom. The monoisotopic (exact) mass is 213 g/mol. The minimum Gasteiger partial charge on any atom is -0.492 e. The Balaban J connectivity index is 2.28. The minimum atomic E-state index is -0.0558. The van der Waals surface area contributed by atoms with Gasteiger partial charge in [-0.2, -0.15) is 0 Å². The first-order chi connectivity index (χ1) is 6.68. The smallest absolute Gasteiger partial charge is 0.216 e. The molecule has 0 aliphatic rings. The van der Waals surface area contributed by atoms with Gasteiger partial charge in [0.05, 0.1) is 6.54 Å². The van der Waals surface area contributed by atoms with E-state index in [1.54, 1.807) is 12.1 Å². The summed E-state index contributed by atoms with van der Waals surface area (Å²) in [5.74, 6) is 0.655. The summed E-state index contributed by atoms with van der Waals surface area (Å²) < 4.78 is 5.34. The summed E-state index contributed by atoms with van der Waals surface area (Å²) in [6.45, 7) is 2.42. The largest absolute Gasteiger partial charge is 0.492 e. The minimum absolute atomic E-state index is 0.0558. The molecule has 0 aliphatic carbocycles. The molecule has 0 spiro atoms. The van der Waals surface area contributed by atoms with Crippen LogP contribution >= 0.6 is 11.6 Å². The van der Waals surface area contributed by atoms with Crippen LogP contribution in [-0.2, 0) is 4.79 Å². The molecule has 1 rings (SSSR count). The van der Waals surface area contributed by atoms with E-state index in [1.165, 1.54) is 6.92 Å². The first-order valence-corrected chi connectivity index (χ1v) is 4.69. The fourth-order valence-electron chi connectivity index (χ4n) is 0.953. The number of ether oxygens (including phenoxy) is 1. The second-order valence-electron chi connectivity index (χ2n) is 2.79. The SMILES string of the molecule is CC(=O)NCCOc1cccc(Cl)c1. The summed E-state index contributed by atoms with van der Waals surface area (Å²) in [5.41, 5.74) is 0. The third-order valence-corrected chi connectivity index (χ3v) is 1.78. The molecule has 1 amide bonds. The van der Waals surface area contributed by atoms with Crippen LogP contribution in [0.4, 0.5) is 0 Å². The van der Waals surface area contributed by atoms with Crippen molar-refractivity contribution in [1.82, 2.24) is 5.32 Å². The van der Waals surface area contributed by atoms with Crippen molar-refractivity contribution in [3.63, 3.8) is 0 Å². The van der Waals surface area contributed by atoms with Crippen LogP contribution in [0, 0.1) is 0 Å². The third kappa shape index (κ3) is 4.14. The van der Waals surface area contributed by atoms with Crippen LogP contribution in [0.15, 0.2) is 24.3 Å². The average Bonchev–Trinajstić information content (AvgIpc) is 2.12. The Labute approximate surface area is 88.0 Å². The Bertz CT molecular complexity index is 315. The van der Waals surface area contributed by atoms with Crippen molar-refractivity contribution < 1.29 is 9.53 Å². The second-order valence-corrected chi connectivity index (χ2v) is 3.23. The van der Waals surface area contributed by atoms with E-state index in [4.69, 9.17) is 16.3 Å². The molecule has 76 valence electrons. The topological polar surface area (TPSA) is 38.3 Å². The van der Waals surface area contributed by atoms with Gasteiger partial charge in [-0.25, -0.2) is 0 Å². The van der Waals surface area contributed by atoms with E-state index < -0.39 is 0 Å². The molecule has 0 heterocycles. The Hall–Kier alpha value is -1.22. The van der Waals surface area contributed by atoms with Gasteiger partial charge in [0.15, 0.2) is 0 Å². The van der Waals surface area contributed by atoms with E-state index >= 15 is 0 Å². The zero-order valence-electron chi connectivity index (χ0n) is 7.92. The number of carbonyl (C=O) groups excluding carboxylic acids is 1. The highest BCUT2D eigenvalue weighted by molar-refractivity contribution is 6.30. The van der Waals surface area contributed by atoms with Crippen LogP contribution < -0.4 is 10.1 Å². The quantitative estimate of drug-likeness (QED) is 0.776. The highest BCUT2D eigenvalue weighted by Gasteiger charge is 1.95. The number of rotatable bonds is 4. The molecule has 4 heteroatoms. The van der Waals surface area contributed by atoms with E-state index in [-0.39, 0.29) is 5.91 Å². The van der Waals surface area contributed by atoms with Gasteiger partial charge in [-0.05, 0) is 18.2 Å². The standard InChI is InChI=1S/C10H12ClNO2/c1-8(13)12-5-6-14-10-4-2-3-9(11)7-10/h2-4,7H,5-6H2,1H3,(H,12,13). The van der Waals surface area contributed by atoms with Crippen LogP contribution in [0.2, 0.25) is 5.02 Å². The molecular formula is C10H12ClNO2. The second kappa shape index (κ2) is 5.50. The summed E-state index contributed by atoms with van der Waals surface area (Å²) in [4.78, 5) is 10.5. The van der Waals surface area contributed by atoms with Crippen LogP contribution in [0.25, 0.3) is 0 Å². The molecule has 0 atom stereocenters. The van der Waals surface area contributed by atoms with Gasteiger partial charge in [0, 0.05) is 11.9 Å². The molecular weight excluding hydrogens is 202 g/mol. The highest BCUT2D eigenvalue weighted by atomic mass is 35.5. The molecule has 0 bridgehead atoms. The predicted molar refractivity (Wildman–Crippen MR) is 55.6 cm³/mol. The zero-order valence-corrected chi connectivity index (χ0v) is 8.67. The maximum absolute atomic E-state index is 10.5. The lowest BCUT2D eigenvalue weighted by Gasteiger charge is -2.06. The summed E-state index contributed by atoms with van der Waals surface area (Å²) >= 11 is 5.76. The van der Waals surface area contributed by atoms with Crippen LogP contribution in [0.3, 0.4) is 0 Å². The summed E-state index contributed by atoms with van der Waals surface area (Å²) in [6, 6.07) is 7.15. The molecule has 0 aromatic heterocycles. The fourth-order valence-corrected chi connectivity index (χ4v) is 1.13. The molecule has 0 aliphatic heterocycles. The van der Waals surface area contributed by atoms with Crippen molar-refractivity contribution >= 4 is 17.5 Å². The van der Waals surface area contributed by atoms with Crippen molar-refractivity contribution in [3.05, 3.63) is 29.3 Å². The number of hydrogen-bond acceptors (Lipinski definition) is 2. The molecule has 1 aromatic carbocycles. The lowest BCUT2D eigenvalue weighted by atomic mass is 10.3. The molecule has 0 saturated carbocycles. The molecule has 1 N–H and O–H groups in total. The van der Waals surface area contributed by atoms with Gasteiger partial charge in [0.1, 0.15) is 12.4 Å². The number of benzene rings is 1. The molecule has 0 radical (unpaired) electrons. The van der Waals surface area contributed by atoms with E-state index in [1.807, 2.05) is 12.1 Å². The van der Waals surface area contributed by atoms with Gasteiger partial charge in [0.25, 0.3) is 0 Å². The van der Waals surface area contributed by atoms with Gasteiger partial charge in [-0.3, -0.25) is 4.79 Å². The summed E-state index contributed by atoms with van der Waals surface area (Å²) in [6.07, 6.45) is 0. The predicted octanol–water partition coefficient (Wildman–Crippen LogP) is 1.85. The van der Waals surface area contributed by atoms with Gasteiger partial charge in [-0.15, -0.1) is 0 Å². The molecule has 3 nitrogen and oxygen atoms in total. The van der Waals surface area contributed by atoms with Crippen molar-refractivity contribution in [2.24, 2.45) is 0 Å². The molecule has 0 saturated heterocycles. The van der Waals surface area contributed by atoms with Crippen molar-refractivity contribution in [1.29, 1.82) is 0 Å². The number of carbonyl (C=O) groups is 1. The van der Waals surface area contributed by atoms with E-state index in [0.717, 1.165) is 0 Å².